The first-order valence-corrected chi connectivity index (χ1v) is 5.86. The molecule has 1 aliphatic rings. The zero-order valence-electron chi connectivity index (χ0n) is 9.69. The van der Waals surface area contributed by atoms with Gasteiger partial charge in [-0.15, -0.1) is 0 Å². The van der Waals surface area contributed by atoms with Crippen LogP contribution in [0.15, 0.2) is 0 Å². The average molecular weight is 239 g/mol. The van der Waals surface area contributed by atoms with E-state index in [9.17, 15) is 18.3 Å². The van der Waals surface area contributed by atoms with Crippen molar-refractivity contribution in [2.24, 2.45) is 0 Å². The molecule has 0 atom stereocenters. The summed E-state index contributed by atoms with van der Waals surface area (Å²) in [5, 5.41) is 10.1. The van der Waals surface area contributed by atoms with Crippen molar-refractivity contribution in [2.45, 2.75) is 50.8 Å². The molecular formula is C11H20F3NO. The molecule has 1 rings (SSSR count). The van der Waals surface area contributed by atoms with Crippen LogP contribution in [-0.2, 0) is 0 Å². The topological polar surface area (TPSA) is 23.5 Å². The molecule has 0 aromatic rings. The molecule has 0 unspecified atom stereocenters. The van der Waals surface area contributed by atoms with Crippen LogP contribution in [0.3, 0.4) is 0 Å². The number of halogens is 3. The van der Waals surface area contributed by atoms with E-state index < -0.39 is 18.2 Å². The quantitative estimate of drug-likeness (QED) is 0.815. The zero-order valence-corrected chi connectivity index (χ0v) is 9.69. The summed E-state index contributed by atoms with van der Waals surface area (Å²) in [5.74, 6) is 0. The third kappa shape index (κ3) is 4.70. The minimum atomic E-state index is -4.10. The standard InChI is InChI=1S/C11H20F3NO/c1-2-15-8-6-10(16,7-9-15)4-3-5-11(12,13)14/h16H,2-9H2,1H3. The van der Waals surface area contributed by atoms with Gasteiger partial charge in [0.1, 0.15) is 0 Å². The highest BCUT2D eigenvalue weighted by molar-refractivity contribution is 4.85. The summed E-state index contributed by atoms with van der Waals surface area (Å²) in [4.78, 5) is 2.21. The second-order valence-electron chi connectivity index (χ2n) is 4.63. The Labute approximate surface area is 94.4 Å². The Kier molecular flexibility index (Phi) is 4.62. The summed E-state index contributed by atoms with van der Waals surface area (Å²) in [7, 11) is 0. The van der Waals surface area contributed by atoms with Gasteiger partial charge in [-0.3, -0.25) is 0 Å². The number of rotatable bonds is 4. The SMILES string of the molecule is CCN1CCC(O)(CCCC(F)(F)F)CC1. The predicted octanol–water partition coefficient (Wildman–Crippen LogP) is 2.57. The number of nitrogens with zero attached hydrogens (tertiary/aromatic N) is 1. The summed E-state index contributed by atoms with van der Waals surface area (Å²) >= 11 is 0. The summed E-state index contributed by atoms with van der Waals surface area (Å²) in [6.07, 6.45) is -3.39. The molecule has 0 bridgehead atoms. The van der Waals surface area contributed by atoms with Crippen molar-refractivity contribution in [3.63, 3.8) is 0 Å². The summed E-state index contributed by atoms with van der Waals surface area (Å²) < 4.78 is 35.9. The number of hydrogen-bond donors (Lipinski definition) is 1. The van der Waals surface area contributed by atoms with Crippen molar-refractivity contribution >= 4 is 0 Å². The lowest BCUT2D eigenvalue weighted by atomic mass is 9.86. The lowest BCUT2D eigenvalue weighted by Crippen LogP contribution is -2.44. The molecule has 0 amide bonds. The van der Waals surface area contributed by atoms with E-state index in [2.05, 4.69) is 4.90 Å². The van der Waals surface area contributed by atoms with Crippen molar-refractivity contribution in [2.75, 3.05) is 19.6 Å². The molecule has 16 heavy (non-hydrogen) atoms. The van der Waals surface area contributed by atoms with Gasteiger partial charge in [0.15, 0.2) is 0 Å². The Morgan fingerprint density at radius 2 is 1.81 bits per heavy atom. The van der Waals surface area contributed by atoms with Gasteiger partial charge in [-0.1, -0.05) is 6.92 Å². The van der Waals surface area contributed by atoms with E-state index in [0.29, 0.717) is 12.8 Å². The predicted molar refractivity (Wildman–Crippen MR) is 56.2 cm³/mol. The fourth-order valence-corrected chi connectivity index (χ4v) is 2.15. The number of hydrogen-bond acceptors (Lipinski definition) is 2. The third-order valence-corrected chi connectivity index (χ3v) is 3.34. The molecular weight excluding hydrogens is 219 g/mol. The van der Waals surface area contributed by atoms with Gasteiger partial charge in [0.05, 0.1) is 5.60 Å². The molecule has 1 N–H and O–H groups in total. The second-order valence-corrected chi connectivity index (χ2v) is 4.63. The van der Waals surface area contributed by atoms with E-state index in [1.165, 1.54) is 0 Å². The van der Waals surface area contributed by atoms with E-state index >= 15 is 0 Å². The maximum absolute atomic E-state index is 12.0. The van der Waals surface area contributed by atoms with Gasteiger partial charge in [0.25, 0.3) is 0 Å². The smallest absolute Gasteiger partial charge is 0.389 e. The monoisotopic (exact) mass is 239 g/mol. The van der Waals surface area contributed by atoms with Crippen LogP contribution < -0.4 is 0 Å². The molecule has 1 aliphatic heterocycles. The normalized spacial score (nSPS) is 22.3. The molecule has 5 heteroatoms. The number of piperidine rings is 1. The van der Waals surface area contributed by atoms with E-state index in [0.717, 1.165) is 19.6 Å². The lowest BCUT2D eigenvalue weighted by Gasteiger charge is -2.37. The molecule has 1 heterocycles. The van der Waals surface area contributed by atoms with E-state index in [-0.39, 0.29) is 12.8 Å². The minimum absolute atomic E-state index is 0.0339. The Morgan fingerprint density at radius 3 is 2.25 bits per heavy atom. The Morgan fingerprint density at radius 1 is 1.25 bits per heavy atom. The van der Waals surface area contributed by atoms with E-state index in [4.69, 9.17) is 0 Å². The zero-order chi connectivity index (χ0) is 12.2. The summed E-state index contributed by atoms with van der Waals surface area (Å²) in [6.45, 7) is 4.57. The van der Waals surface area contributed by atoms with E-state index in [1.807, 2.05) is 6.92 Å². The first-order chi connectivity index (χ1) is 7.35. The van der Waals surface area contributed by atoms with Crippen LogP contribution in [0.2, 0.25) is 0 Å². The Bertz CT molecular complexity index is 210. The minimum Gasteiger partial charge on any atom is -0.390 e. The summed E-state index contributed by atoms with van der Waals surface area (Å²) in [5.41, 5.74) is -0.864. The fourth-order valence-electron chi connectivity index (χ4n) is 2.15. The number of aliphatic hydroxyl groups is 1. The van der Waals surface area contributed by atoms with Crippen LogP contribution in [0.1, 0.15) is 39.0 Å². The summed E-state index contributed by atoms with van der Waals surface area (Å²) in [6, 6.07) is 0. The van der Waals surface area contributed by atoms with Crippen molar-refractivity contribution in [1.29, 1.82) is 0 Å². The van der Waals surface area contributed by atoms with Crippen LogP contribution >= 0.6 is 0 Å². The van der Waals surface area contributed by atoms with Crippen LogP contribution in [0.5, 0.6) is 0 Å². The van der Waals surface area contributed by atoms with Crippen LogP contribution in [0.25, 0.3) is 0 Å². The van der Waals surface area contributed by atoms with Crippen molar-refractivity contribution in [3.05, 3.63) is 0 Å². The van der Waals surface area contributed by atoms with Gasteiger partial charge < -0.3 is 10.0 Å². The molecule has 2 nitrogen and oxygen atoms in total. The molecule has 1 fully saturated rings. The van der Waals surface area contributed by atoms with Gasteiger partial charge in [-0.2, -0.15) is 13.2 Å². The largest absolute Gasteiger partial charge is 0.390 e. The molecule has 96 valence electrons. The Hall–Kier alpha value is -0.290. The molecule has 0 aliphatic carbocycles. The molecule has 0 aromatic heterocycles. The average Bonchev–Trinajstić information content (AvgIpc) is 2.17. The van der Waals surface area contributed by atoms with Crippen molar-refractivity contribution < 1.29 is 18.3 Å². The Balaban J connectivity index is 2.26. The fraction of sp³-hybridized carbons (Fsp3) is 1.00. The van der Waals surface area contributed by atoms with Crippen molar-refractivity contribution in [3.8, 4) is 0 Å². The van der Waals surface area contributed by atoms with Crippen LogP contribution in [-0.4, -0.2) is 41.4 Å². The second kappa shape index (κ2) is 5.36. The molecule has 1 saturated heterocycles. The highest BCUT2D eigenvalue weighted by atomic mass is 19.4. The van der Waals surface area contributed by atoms with Crippen LogP contribution in [0, 0.1) is 0 Å². The van der Waals surface area contributed by atoms with Gasteiger partial charge in [0.2, 0.25) is 0 Å². The molecule has 0 aromatic carbocycles. The first-order valence-electron chi connectivity index (χ1n) is 5.86. The first kappa shape index (κ1) is 13.8. The number of likely N-dealkylation sites (tertiary alicyclic amines) is 1. The van der Waals surface area contributed by atoms with Gasteiger partial charge in [-0.25, -0.2) is 0 Å². The molecule has 0 saturated carbocycles. The maximum atomic E-state index is 12.0. The van der Waals surface area contributed by atoms with Gasteiger partial charge in [0, 0.05) is 19.5 Å². The highest BCUT2D eigenvalue weighted by Gasteiger charge is 2.33. The molecule has 0 spiro atoms. The third-order valence-electron chi connectivity index (χ3n) is 3.34. The molecule has 0 radical (unpaired) electrons. The van der Waals surface area contributed by atoms with Crippen LogP contribution in [0.4, 0.5) is 13.2 Å². The van der Waals surface area contributed by atoms with Crippen molar-refractivity contribution in [1.82, 2.24) is 4.90 Å². The van der Waals surface area contributed by atoms with Gasteiger partial charge in [-0.05, 0) is 32.2 Å². The maximum Gasteiger partial charge on any atom is 0.389 e. The van der Waals surface area contributed by atoms with Gasteiger partial charge >= 0.3 is 6.18 Å². The lowest BCUT2D eigenvalue weighted by molar-refractivity contribution is -0.139. The number of alkyl halides is 3. The van der Waals surface area contributed by atoms with E-state index in [1.54, 1.807) is 0 Å². The highest BCUT2D eigenvalue weighted by Crippen LogP contribution is 2.30.